The van der Waals surface area contributed by atoms with E-state index in [0.29, 0.717) is 5.82 Å². The first kappa shape index (κ1) is 16.1. The smallest absolute Gasteiger partial charge is 0.145 e. The van der Waals surface area contributed by atoms with Crippen LogP contribution < -0.4 is 21.7 Å². The van der Waals surface area contributed by atoms with Gasteiger partial charge in [0.25, 0.3) is 0 Å². The Morgan fingerprint density at radius 2 is 1.61 bits per heavy atom. The molecule has 0 aliphatic heterocycles. The molecule has 2 rings (SSSR count). The van der Waals surface area contributed by atoms with Crippen LogP contribution in [0.4, 0.5) is 22.7 Å². The minimum atomic E-state index is 0.459. The second-order valence-electron chi connectivity index (χ2n) is 4.71. The van der Waals surface area contributed by atoms with E-state index in [1.165, 1.54) is 0 Å². The molecule has 5 N–H and O–H groups in total. The second-order valence-corrected chi connectivity index (χ2v) is 4.71. The summed E-state index contributed by atoms with van der Waals surface area (Å²) in [6, 6.07) is 15.2. The first-order chi connectivity index (χ1) is 11.2. The fraction of sp³-hybridized carbons (Fsp3) is 0.0588. The van der Waals surface area contributed by atoms with Crippen molar-refractivity contribution in [3.63, 3.8) is 0 Å². The predicted molar refractivity (Wildman–Crippen MR) is 95.6 cm³/mol. The van der Waals surface area contributed by atoms with Crippen molar-refractivity contribution in [3.05, 3.63) is 73.3 Å². The minimum Gasteiger partial charge on any atom is -0.399 e. The van der Waals surface area contributed by atoms with Crippen molar-refractivity contribution in [3.8, 4) is 0 Å². The minimum absolute atomic E-state index is 0.459. The summed E-state index contributed by atoms with van der Waals surface area (Å²) in [7, 11) is 1.81. The first-order valence-corrected chi connectivity index (χ1v) is 7.09. The highest BCUT2D eigenvalue weighted by molar-refractivity contribution is 5.63. The van der Waals surface area contributed by atoms with E-state index < -0.39 is 0 Å². The Labute approximate surface area is 135 Å². The van der Waals surface area contributed by atoms with Crippen LogP contribution in [0, 0.1) is 0 Å². The molecule has 2 aromatic carbocycles. The maximum Gasteiger partial charge on any atom is 0.145 e. The van der Waals surface area contributed by atoms with Gasteiger partial charge in [0.1, 0.15) is 5.82 Å². The average Bonchev–Trinajstić information content (AvgIpc) is 2.57. The largest absolute Gasteiger partial charge is 0.399 e. The van der Waals surface area contributed by atoms with Crippen molar-refractivity contribution >= 4 is 22.7 Å². The number of nitrogens with two attached hydrogens (primary N) is 1. The van der Waals surface area contributed by atoms with Crippen molar-refractivity contribution < 1.29 is 0 Å². The number of anilines is 3. The van der Waals surface area contributed by atoms with Crippen LogP contribution in [0.15, 0.2) is 83.6 Å². The van der Waals surface area contributed by atoms with Crippen LogP contribution in [0.5, 0.6) is 0 Å². The number of nitrogen functional groups attached to an aromatic ring is 1. The van der Waals surface area contributed by atoms with Gasteiger partial charge >= 0.3 is 0 Å². The molecule has 0 unspecified atom stereocenters. The van der Waals surface area contributed by atoms with Gasteiger partial charge in [0.15, 0.2) is 0 Å². The summed E-state index contributed by atoms with van der Waals surface area (Å²) in [6.45, 7) is 3.75. The maximum absolute atomic E-state index is 5.67. The van der Waals surface area contributed by atoms with E-state index in [9.17, 15) is 0 Å². The SMILES string of the molecule is C=C(N=Nc1ccc(Nc2ccc(N)cc2)cc1)N/C=C\NC. The van der Waals surface area contributed by atoms with Crippen LogP contribution in [0.2, 0.25) is 0 Å². The topological polar surface area (TPSA) is 86.8 Å². The molecule has 0 aliphatic rings. The maximum atomic E-state index is 5.67. The van der Waals surface area contributed by atoms with Crippen molar-refractivity contribution in [2.75, 3.05) is 18.1 Å². The molecule has 0 bridgehead atoms. The summed E-state index contributed by atoms with van der Waals surface area (Å²) < 4.78 is 0. The summed E-state index contributed by atoms with van der Waals surface area (Å²) in [5.41, 5.74) is 9.09. The number of azo groups is 1. The van der Waals surface area contributed by atoms with Crippen LogP contribution in [0.3, 0.4) is 0 Å². The van der Waals surface area contributed by atoms with Gasteiger partial charge in [0.05, 0.1) is 5.69 Å². The van der Waals surface area contributed by atoms with E-state index in [1.54, 1.807) is 12.4 Å². The molecule has 0 fully saturated rings. The summed E-state index contributed by atoms with van der Waals surface area (Å²) in [6.07, 6.45) is 3.43. The monoisotopic (exact) mass is 308 g/mol. The normalized spacial score (nSPS) is 10.8. The Morgan fingerprint density at radius 3 is 2.22 bits per heavy atom. The molecule has 6 heteroatoms. The molecule has 118 valence electrons. The highest BCUT2D eigenvalue weighted by Crippen LogP contribution is 2.21. The van der Waals surface area contributed by atoms with Gasteiger partial charge in [-0.25, -0.2) is 0 Å². The lowest BCUT2D eigenvalue weighted by atomic mass is 10.2. The molecule has 6 nitrogen and oxygen atoms in total. The number of hydrogen-bond acceptors (Lipinski definition) is 6. The Kier molecular flexibility index (Phi) is 5.76. The molecular weight excluding hydrogens is 288 g/mol. The Bertz CT molecular complexity index is 686. The van der Waals surface area contributed by atoms with Gasteiger partial charge < -0.3 is 21.7 Å². The number of nitrogens with one attached hydrogen (secondary N) is 3. The molecule has 2 aromatic rings. The highest BCUT2D eigenvalue weighted by Gasteiger charge is 1.96. The highest BCUT2D eigenvalue weighted by atomic mass is 15.2. The van der Waals surface area contributed by atoms with Gasteiger partial charge in [-0.05, 0) is 48.5 Å². The lowest BCUT2D eigenvalue weighted by Gasteiger charge is -2.06. The molecule has 0 aliphatic carbocycles. The molecule has 0 spiro atoms. The third-order valence-electron chi connectivity index (χ3n) is 2.85. The summed E-state index contributed by atoms with van der Waals surface area (Å²) in [4.78, 5) is 0. The third-order valence-corrected chi connectivity index (χ3v) is 2.85. The number of hydrogen-bond donors (Lipinski definition) is 4. The zero-order chi connectivity index (χ0) is 16.5. The fourth-order valence-corrected chi connectivity index (χ4v) is 1.71. The predicted octanol–water partition coefficient (Wildman–Crippen LogP) is 3.85. The second kappa shape index (κ2) is 8.23. The van der Waals surface area contributed by atoms with Gasteiger partial charge in [-0.15, -0.1) is 10.2 Å². The van der Waals surface area contributed by atoms with E-state index in [-0.39, 0.29) is 0 Å². The van der Waals surface area contributed by atoms with E-state index in [2.05, 4.69) is 32.8 Å². The lowest BCUT2D eigenvalue weighted by molar-refractivity contribution is 0.958. The number of nitrogens with zero attached hydrogens (tertiary/aromatic N) is 2. The van der Waals surface area contributed by atoms with Crippen LogP contribution in [0.25, 0.3) is 0 Å². The molecule has 0 amide bonds. The quantitative estimate of drug-likeness (QED) is 0.462. The van der Waals surface area contributed by atoms with Gasteiger partial charge in [-0.1, -0.05) is 6.58 Å². The van der Waals surface area contributed by atoms with E-state index in [1.807, 2.05) is 55.6 Å². The summed E-state index contributed by atoms with van der Waals surface area (Å²) >= 11 is 0. The van der Waals surface area contributed by atoms with Crippen LogP contribution in [-0.2, 0) is 0 Å². The van der Waals surface area contributed by atoms with Crippen LogP contribution in [-0.4, -0.2) is 7.05 Å². The Balaban J connectivity index is 1.92. The molecule has 0 saturated heterocycles. The van der Waals surface area contributed by atoms with Crippen molar-refractivity contribution in [1.29, 1.82) is 0 Å². The summed E-state index contributed by atoms with van der Waals surface area (Å²) in [5, 5.41) is 17.1. The molecule has 0 radical (unpaired) electrons. The van der Waals surface area contributed by atoms with Gasteiger partial charge in [-0.3, -0.25) is 0 Å². The molecule has 0 atom stereocenters. The zero-order valence-corrected chi connectivity index (χ0v) is 13.0. The first-order valence-electron chi connectivity index (χ1n) is 7.09. The number of benzene rings is 2. The van der Waals surface area contributed by atoms with E-state index >= 15 is 0 Å². The molecular formula is C17H20N6. The van der Waals surface area contributed by atoms with Crippen molar-refractivity contribution in [2.24, 2.45) is 10.2 Å². The van der Waals surface area contributed by atoms with E-state index in [0.717, 1.165) is 22.7 Å². The van der Waals surface area contributed by atoms with Gasteiger partial charge in [-0.2, -0.15) is 0 Å². The van der Waals surface area contributed by atoms with Crippen LogP contribution >= 0.6 is 0 Å². The lowest BCUT2D eigenvalue weighted by Crippen LogP contribution is -2.03. The third kappa shape index (κ3) is 5.55. The van der Waals surface area contributed by atoms with Gasteiger partial charge in [0.2, 0.25) is 0 Å². The Hall–Kier alpha value is -3.28. The number of rotatable bonds is 7. The Morgan fingerprint density at radius 1 is 1.00 bits per heavy atom. The van der Waals surface area contributed by atoms with Crippen molar-refractivity contribution in [2.45, 2.75) is 0 Å². The van der Waals surface area contributed by atoms with Gasteiger partial charge in [0, 0.05) is 36.5 Å². The zero-order valence-electron chi connectivity index (χ0n) is 13.0. The van der Waals surface area contributed by atoms with Crippen LogP contribution in [0.1, 0.15) is 0 Å². The standard InChI is InChI=1S/C17H20N6/c1-13(20-12-11-19-2)22-23-17-9-7-16(8-10-17)21-15-5-3-14(18)4-6-15/h3-12,19-21H,1,18H2,2H3/b12-11-,23-22?. The van der Waals surface area contributed by atoms with E-state index in [4.69, 9.17) is 5.73 Å². The average molecular weight is 308 g/mol. The molecule has 0 heterocycles. The molecule has 23 heavy (non-hydrogen) atoms. The summed E-state index contributed by atoms with van der Waals surface area (Å²) in [5.74, 6) is 0.459. The van der Waals surface area contributed by atoms with Crippen molar-refractivity contribution in [1.82, 2.24) is 10.6 Å². The fourth-order valence-electron chi connectivity index (χ4n) is 1.71. The molecule has 0 aromatic heterocycles. The molecule has 0 saturated carbocycles.